The molecule has 1 aromatic heterocycles. The van der Waals surface area contributed by atoms with E-state index < -0.39 is 0 Å². The zero-order valence-corrected chi connectivity index (χ0v) is 18.6. The average Bonchev–Trinajstić information content (AvgIpc) is 3.20. The van der Waals surface area contributed by atoms with Crippen molar-refractivity contribution in [2.45, 2.75) is 27.2 Å². The van der Waals surface area contributed by atoms with Crippen molar-refractivity contribution in [3.05, 3.63) is 87.0 Å². The molecule has 6 heteroatoms. The number of carbonyl (C=O) groups is 1. The van der Waals surface area contributed by atoms with Gasteiger partial charge in [-0.2, -0.15) is 0 Å². The van der Waals surface area contributed by atoms with E-state index in [1.165, 1.54) is 17.3 Å². The van der Waals surface area contributed by atoms with Crippen LogP contribution in [0, 0.1) is 13.8 Å². The zero-order chi connectivity index (χ0) is 21.3. The van der Waals surface area contributed by atoms with Crippen LogP contribution in [0.4, 0.5) is 5.69 Å². The molecule has 4 nitrogen and oxygen atoms in total. The molecule has 0 bridgehead atoms. The number of thioether (sulfide) groups is 1. The third kappa shape index (κ3) is 4.23. The van der Waals surface area contributed by atoms with Gasteiger partial charge < -0.3 is 9.88 Å². The molecule has 1 fully saturated rings. The molecule has 0 radical (unpaired) electrons. The molecule has 2 aromatic carbocycles. The lowest BCUT2D eigenvalue weighted by Crippen LogP contribution is -2.19. The maximum atomic E-state index is 12.5. The molecule has 2 heterocycles. The highest BCUT2D eigenvalue weighted by Crippen LogP contribution is 2.31. The summed E-state index contributed by atoms with van der Waals surface area (Å²) in [5, 5.41) is 4.15. The number of aromatic nitrogens is 1. The topological polar surface area (TPSA) is 46.4 Å². The van der Waals surface area contributed by atoms with Gasteiger partial charge in [0.25, 0.3) is 5.91 Å². The van der Waals surface area contributed by atoms with Crippen LogP contribution in [-0.4, -0.2) is 15.6 Å². The van der Waals surface area contributed by atoms with Crippen LogP contribution in [0.5, 0.6) is 0 Å². The van der Waals surface area contributed by atoms with Gasteiger partial charge >= 0.3 is 0 Å². The van der Waals surface area contributed by atoms with Gasteiger partial charge in [0, 0.05) is 22.1 Å². The maximum Gasteiger partial charge on any atom is 0.264 e. The quantitative estimate of drug-likeness (QED) is 0.496. The number of rotatable bonds is 4. The Kier molecular flexibility index (Phi) is 5.84. The van der Waals surface area contributed by atoms with Crippen molar-refractivity contribution in [3.8, 4) is 5.69 Å². The maximum absolute atomic E-state index is 12.5. The van der Waals surface area contributed by atoms with Crippen molar-refractivity contribution in [1.29, 1.82) is 0 Å². The molecule has 30 heavy (non-hydrogen) atoms. The van der Waals surface area contributed by atoms with Crippen LogP contribution in [0.3, 0.4) is 0 Å². The second kappa shape index (κ2) is 8.54. The van der Waals surface area contributed by atoms with Crippen molar-refractivity contribution in [1.82, 2.24) is 9.88 Å². The normalized spacial score (nSPS) is 16.5. The molecular formula is C24H22ClN3OS. The Balaban J connectivity index is 1.61. The second-order valence-electron chi connectivity index (χ2n) is 7.14. The van der Waals surface area contributed by atoms with Gasteiger partial charge in [-0.1, -0.05) is 36.7 Å². The number of hydrogen-bond donors (Lipinski definition) is 1. The molecule has 4 rings (SSSR count). The molecular weight excluding hydrogens is 414 g/mol. The Hall–Kier alpha value is -2.76. The predicted octanol–water partition coefficient (Wildman–Crippen LogP) is 6.20. The first-order valence-corrected chi connectivity index (χ1v) is 11.0. The number of halogens is 1. The van der Waals surface area contributed by atoms with Gasteiger partial charge in [0.1, 0.15) is 0 Å². The first kappa shape index (κ1) is 20.5. The lowest BCUT2D eigenvalue weighted by molar-refractivity contribution is -0.115. The Morgan fingerprint density at radius 1 is 1.13 bits per heavy atom. The summed E-state index contributed by atoms with van der Waals surface area (Å²) >= 11 is 7.53. The lowest BCUT2D eigenvalue weighted by atomic mass is 10.2. The first-order valence-electron chi connectivity index (χ1n) is 9.78. The summed E-state index contributed by atoms with van der Waals surface area (Å²) in [6.45, 7) is 6.21. The molecule has 0 aliphatic carbocycles. The standard InChI is InChI=1S/C24H22ClN3OS/c1-4-17-8-10-20(11-9-17)26-24-27-23(29)22(30-24)13-18-12-15(2)28(16(18)3)21-7-5-6-19(25)14-21/h5-14H,4H2,1-3H3,(H,26,27,29)/b22-13-. The number of aliphatic imine (C=N–C) groups is 1. The van der Waals surface area contributed by atoms with Crippen LogP contribution in [0.25, 0.3) is 11.8 Å². The van der Waals surface area contributed by atoms with Crippen molar-refractivity contribution in [2.75, 3.05) is 0 Å². The molecule has 1 aliphatic heterocycles. The lowest BCUT2D eigenvalue weighted by Gasteiger charge is -2.09. The summed E-state index contributed by atoms with van der Waals surface area (Å²) in [5.74, 6) is -0.128. The zero-order valence-electron chi connectivity index (χ0n) is 17.1. The van der Waals surface area contributed by atoms with E-state index in [4.69, 9.17) is 11.6 Å². The summed E-state index contributed by atoms with van der Waals surface area (Å²) in [4.78, 5) is 17.7. The third-order valence-electron chi connectivity index (χ3n) is 5.05. The van der Waals surface area contributed by atoms with E-state index in [0.717, 1.165) is 34.7 Å². The number of amidine groups is 1. The molecule has 0 atom stereocenters. The SMILES string of the molecule is CCc1ccc(N=C2NC(=O)/C(=C/c3cc(C)n(-c4cccc(Cl)c4)c3C)S2)cc1. The van der Waals surface area contributed by atoms with Crippen LogP contribution in [0.1, 0.15) is 29.4 Å². The number of benzene rings is 2. The molecule has 1 amide bonds. The Morgan fingerprint density at radius 2 is 1.90 bits per heavy atom. The molecule has 1 aliphatic rings. The highest BCUT2D eigenvalue weighted by Gasteiger charge is 2.24. The van der Waals surface area contributed by atoms with E-state index in [9.17, 15) is 4.79 Å². The van der Waals surface area contributed by atoms with Gasteiger partial charge in [0.05, 0.1) is 10.6 Å². The molecule has 0 unspecified atom stereocenters. The number of aryl methyl sites for hydroxylation is 2. The number of carbonyl (C=O) groups excluding carboxylic acids is 1. The van der Waals surface area contributed by atoms with E-state index in [0.29, 0.717) is 15.1 Å². The van der Waals surface area contributed by atoms with Crippen LogP contribution < -0.4 is 5.32 Å². The van der Waals surface area contributed by atoms with Crippen molar-refractivity contribution < 1.29 is 4.79 Å². The largest absolute Gasteiger partial charge is 0.318 e. The van der Waals surface area contributed by atoms with E-state index in [2.05, 4.69) is 40.0 Å². The van der Waals surface area contributed by atoms with Crippen LogP contribution in [-0.2, 0) is 11.2 Å². The van der Waals surface area contributed by atoms with E-state index in [1.807, 2.05) is 56.3 Å². The highest BCUT2D eigenvalue weighted by molar-refractivity contribution is 8.18. The van der Waals surface area contributed by atoms with E-state index in [-0.39, 0.29) is 5.91 Å². The smallest absolute Gasteiger partial charge is 0.264 e. The van der Waals surface area contributed by atoms with Gasteiger partial charge in [0.2, 0.25) is 0 Å². The van der Waals surface area contributed by atoms with Gasteiger partial charge in [-0.15, -0.1) is 0 Å². The Bertz CT molecular complexity index is 1180. The molecule has 0 saturated carbocycles. The van der Waals surface area contributed by atoms with E-state index in [1.54, 1.807) is 0 Å². The number of nitrogens with zero attached hydrogens (tertiary/aromatic N) is 2. The van der Waals surface area contributed by atoms with Gasteiger partial charge in [-0.25, -0.2) is 4.99 Å². The van der Waals surface area contributed by atoms with Crippen molar-refractivity contribution in [3.63, 3.8) is 0 Å². The minimum absolute atomic E-state index is 0.128. The summed E-state index contributed by atoms with van der Waals surface area (Å²) in [6, 6.07) is 17.9. The molecule has 1 N–H and O–H groups in total. The van der Waals surface area contributed by atoms with E-state index >= 15 is 0 Å². The monoisotopic (exact) mass is 435 g/mol. The summed E-state index contributed by atoms with van der Waals surface area (Å²) in [5.41, 5.74) is 6.22. The Morgan fingerprint density at radius 3 is 2.60 bits per heavy atom. The fraction of sp³-hybridized carbons (Fsp3) is 0.167. The van der Waals surface area contributed by atoms with Crippen LogP contribution in [0.2, 0.25) is 5.02 Å². The van der Waals surface area contributed by atoms with Gasteiger partial charge in [-0.05, 0) is 85.6 Å². The minimum atomic E-state index is -0.128. The molecule has 152 valence electrons. The molecule has 1 saturated heterocycles. The minimum Gasteiger partial charge on any atom is -0.318 e. The second-order valence-corrected chi connectivity index (χ2v) is 8.61. The summed E-state index contributed by atoms with van der Waals surface area (Å²) in [6.07, 6.45) is 2.91. The number of hydrogen-bond acceptors (Lipinski definition) is 3. The molecule has 0 spiro atoms. The summed E-state index contributed by atoms with van der Waals surface area (Å²) < 4.78 is 2.14. The number of nitrogens with one attached hydrogen (secondary N) is 1. The van der Waals surface area contributed by atoms with Gasteiger partial charge in [0.15, 0.2) is 5.17 Å². The summed E-state index contributed by atoms with van der Waals surface area (Å²) in [7, 11) is 0. The van der Waals surface area contributed by atoms with Gasteiger partial charge in [-0.3, -0.25) is 4.79 Å². The van der Waals surface area contributed by atoms with Crippen LogP contribution >= 0.6 is 23.4 Å². The fourth-order valence-electron chi connectivity index (χ4n) is 3.49. The Labute approximate surface area is 185 Å². The predicted molar refractivity (Wildman–Crippen MR) is 127 cm³/mol. The van der Waals surface area contributed by atoms with Crippen LogP contribution in [0.15, 0.2) is 64.5 Å². The average molecular weight is 436 g/mol. The third-order valence-corrected chi connectivity index (χ3v) is 6.19. The first-order chi connectivity index (χ1) is 14.4. The highest BCUT2D eigenvalue weighted by atomic mass is 35.5. The fourth-order valence-corrected chi connectivity index (χ4v) is 4.51. The molecule has 3 aromatic rings. The van der Waals surface area contributed by atoms with Crippen molar-refractivity contribution in [2.24, 2.45) is 4.99 Å². The number of amides is 1. The van der Waals surface area contributed by atoms with Crippen molar-refractivity contribution >= 4 is 46.2 Å².